The van der Waals surface area contributed by atoms with Crippen LogP contribution in [0.5, 0.6) is 0 Å². The van der Waals surface area contributed by atoms with Gasteiger partial charge in [0.2, 0.25) is 5.91 Å². The van der Waals surface area contributed by atoms with Crippen LogP contribution in [0.3, 0.4) is 0 Å². The molecule has 2 aliphatic rings. The molecule has 20 heavy (non-hydrogen) atoms. The van der Waals surface area contributed by atoms with Crippen LogP contribution in [0.15, 0.2) is 30.3 Å². The topological polar surface area (TPSA) is 32.3 Å². The summed E-state index contributed by atoms with van der Waals surface area (Å²) < 4.78 is 0. The Morgan fingerprint density at radius 2 is 2.05 bits per heavy atom. The van der Waals surface area contributed by atoms with E-state index in [1.807, 2.05) is 0 Å². The van der Waals surface area contributed by atoms with Crippen molar-refractivity contribution in [2.24, 2.45) is 11.8 Å². The second-order valence-electron chi connectivity index (χ2n) is 6.38. The standard InChI is InChI=1S/C17H24N2O/c1-13-9-16(11-18-10-13)17(20)19-8-7-15(12-19)14-5-3-2-4-6-14/h2-6,13,15-16,18H,7-12H2,1H3. The second kappa shape index (κ2) is 5.96. The molecular weight excluding hydrogens is 248 g/mol. The summed E-state index contributed by atoms with van der Waals surface area (Å²) >= 11 is 0. The summed E-state index contributed by atoms with van der Waals surface area (Å²) in [4.78, 5) is 14.7. The van der Waals surface area contributed by atoms with Crippen molar-refractivity contribution < 1.29 is 4.79 Å². The lowest BCUT2D eigenvalue weighted by molar-refractivity contribution is -0.135. The van der Waals surface area contributed by atoms with Crippen molar-refractivity contribution in [2.75, 3.05) is 26.2 Å². The van der Waals surface area contributed by atoms with Crippen molar-refractivity contribution in [1.29, 1.82) is 0 Å². The van der Waals surface area contributed by atoms with Crippen LogP contribution < -0.4 is 5.32 Å². The Hall–Kier alpha value is -1.35. The van der Waals surface area contributed by atoms with Gasteiger partial charge in [0.25, 0.3) is 0 Å². The monoisotopic (exact) mass is 272 g/mol. The van der Waals surface area contributed by atoms with Gasteiger partial charge in [-0.05, 0) is 30.9 Å². The zero-order chi connectivity index (χ0) is 13.9. The van der Waals surface area contributed by atoms with E-state index in [0.717, 1.165) is 39.0 Å². The fourth-order valence-electron chi connectivity index (χ4n) is 3.56. The van der Waals surface area contributed by atoms with Crippen LogP contribution in [0, 0.1) is 11.8 Å². The minimum atomic E-state index is 0.188. The first-order valence-electron chi connectivity index (χ1n) is 7.78. The predicted octanol–water partition coefficient (Wildman–Crippen LogP) is 2.25. The second-order valence-corrected chi connectivity index (χ2v) is 6.38. The molecule has 0 radical (unpaired) electrons. The van der Waals surface area contributed by atoms with Gasteiger partial charge in [0, 0.05) is 25.6 Å². The van der Waals surface area contributed by atoms with Crippen LogP contribution in [0.25, 0.3) is 0 Å². The molecule has 0 saturated carbocycles. The number of hydrogen-bond donors (Lipinski definition) is 1. The molecule has 2 aliphatic heterocycles. The first-order valence-corrected chi connectivity index (χ1v) is 7.78. The van der Waals surface area contributed by atoms with Crippen molar-refractivity contribution in [1.82, 2.24) is 10.2 Å². The minimum Gasteiger partial charge on any atom is -0.342 e. The number of benzene rings is 1. The Morgan fingerprint density at radius 1 is 1.25 bits per heavy atom. The molecule has 3 nitrogen and oxygen atoms in total. The summed E-state index contributed by atoms with van der Waals surface area (Å²) in [5.74, 6) is 1.69. The highest BCUT2D eigenvalue weighted by Crippen LogP contribution is 2.29. The summed E-state index contributed by atoms with van der Waals surface area (Å²) in [7, 11) is 0. The van der Waals surface area contributed by atoms with Gasteiger partial charge in [-0.1, -0.05) is 37.3 Å². The van der Waals surface area contributed by atoms with Crippen LogP contribution in [0.1, 0.15) is 31.2 Å². The maximum Gasteiger partial charge on any atom is 0.226 e. The maximum absolute atomic E-state index is 12.6. The SMILES string of the molecule is CC1CNCC(C(=O)N2CCC(c3ccccc3)C2)C1. The Bertz CT molecular complexity index is 459. The lowest BCUT2D eigenvalue weighted by Gasteiger charge is -2.30. The molecule has 1 N–H and O–H groups in total. The summed E-state index contributed by atoms with van der Waals surface area (Å²) in [5.41, 5.74) is 1.37. The number of nitrogens with zero attached hydrogens (tertiary/aromatic N) is 1. The first kappa shape index (κ1) is 13.6. The molecule has 0 aliphatic carbocycles. The summed E-state index contributed by atoms with van der Waals surface area (Å²) in [6.07, 6.45) is 2.14. The fraction of sp³-hybridized carbons (Fsp3) is 0.588. The highest BCUT2D eigenvalue weighted by Gasteiger charge is 2.33. The average Bonchev–Trinajstić information content (AvgIpc) is 2.97. The normalized spacial score (nSPS) is 30.4. The summed E-state index contributed by atoms with van der Waals surface area (Å²) in [6.45, 7) is 5.95. The Morgan fingerprint density at radius 3 is 2.80 bits per heavy atom. The molecule has 3 heteroatoms. The van der Waals surface area contributed by atoms with Gasteiger partial charge in [-0.3, -0.25) is 4.79 Å². The van der Waals surface area contributed by atoms with E-state index in [9.17, 15) is 4.79 Å². The molecular formula is C17H24N2O. The zero-order valence-electron chi connectivity index (χ0n) is 12.2. The van der Waals surface area contributed by atoms with E-state index >= 15 is 0 Å². The molecule has 0 spiro atoms. The number of carbonyl (C=O) groups excluding carboxylic acids is 1. The Balaban J connectivity index is 1.61. The highest BCUT2D eigenvalue weighted by molar-refractivity contribution is 5.79. The van der Waals surface area contributed by atoms with E-state index in [-0.39, 0.29) is 5.92 Å². The predicted molar refractivity (Wildman–Crippen MR) is 80.5 cm³/mol. The number of nitrogens with one attached hydrogen (secondary N) is 1. The summed E-state index contributed by atoms with van der Waals surface area (Å²) in [6, 6.07) is 10.6. The van der Waals surface area contributed by atoms with Crippen molar-refractivity contribution in [3.05, 3.63) is 35.9 Å². The lowest BCUT2D eigenvalue weighted by atomic mass is 9.91. The Kier molecular flexibility index (Phi) is 4.06. The molecule has 1 amide bonds. The van der Waals surface area contributed by atoms with Crippen LogP contribution in [0.4, 0.5) is 0 Å². The van der Waals surface area contributed by atoms with Crippen molar-refractivity contribution >= 4 is 5.91 Å². The highest BCUT2D eigenvalue weighted by atomic mass is 16.2. The number of amides is 1. The van der Waals surface area contributed by atoms with Gasteiger partial charge in [0.1, 0.15) is 0 Å². The van der Waals surface area contributed by atoms with Gasteiger partial charge >= 0.3 is 0 Å². The molecule has 108 valence electrons. The molecule has 3 rings (SSSR count). The van der Waals surface area contributed by atoms with Gasteiger partial charge in [-0.25, -0.2) is 0 Å². The average molecular weight is 272 g/mol. The van der Waals surface area contributed by atoms with Crippen LogP contribution >= 0.6 is 0 Å². The molecule has 0 aromatic heterocycles. The van der Waals surface area contributed by atoms with E-state index in [1.165, 1.54) is 5.56 Å². The molecule has 1 aromatic carbocycles. The van der Waals surface area contributed by atoms with Crippen LogP contribution in [-0.2, 0) is 4.79 Å². The van der Waals surface area contributed by atoms with E-state index in [2.05, 4.69) is 47.5 Å². The largest absolute Gasteiger partial charge is 0.342 e. The first-order chi connectivity index (χ1) is 9.74. The smallest absolute Gasteiger partial charge is 0.226 e. The minimum absolute atomic E-state index is 0.188. The van der Waals surface area contributed by atoms with Crippen LogP contribution in [0.2, 0.25) is 0 Å². The third-order valence-corrected chi connectivity index (χ3v) is 4.69. The third kappa shape index (κ3) is 2.88. The number of carbonyl (C=O) groups is 1. The van der Waals surface area contributed by atoms with Gasteiger partial charge in [-0.2, -0.15) is 0 Å². The number of hydrogen-bond acceptors (Lipinski definition) is 2. The van der Waals surface area contributed by atoms with Gasteiger partial charge in [-0.15, -0.1) is 0 Å². The molecule has 0 bridgehead atoms. The van der Waals surface area contributed by atoms with Gasteiger partial charge < -0.3 is 10.2 Å². The van der Waals surface area contributed by atoms with Crippen molar-refractivity contribution in [2.45, 2.75) is 25.7 Å². The lowest BCUT2D eigenvalue weighted by Crippen LogP contribution is -2.44. The summed E-state index contributed by atoms with van der Waals surface area (Å²) in [5, 5.41) is 3.38. The van der Waals surface area contributed by atoms with E-state index in [1.54, 1.807) is 0 Å². The van der Waals surface area contributed by atoms with E-state index in [0.29, 0.717) is 17.7 Å². The molecule has 2 fully saturated rings. The van der Waals surface area contributed by atoms with Crippen LogP contribution in [-0.4, -0.2) is 37.0 Å². The van der Waals surface area contributed by atoms with E-state index in [4.69, 9.17) is 0 Å². The molecule has 1 aromatic rings. The zero-order valence-corrected chi connectivity index (χ0v) is 12.2. The quantitative estimate of drug-likeness (QED) is 0.895. The van der Waals surface area contributed by atoms with Crippen molar-refractivity contribution in [3.8, 4) is 0 Å². The molecule has 3 atom stereocenters. The molecule has 2 heterocycles. The van der Waals surface area contributed by atoms with Crippen molar-refractivity contribution in [3.63, 3.8) is 0 Å². The molecule has 3 unspecified atom stereocenters. The number of piperidine rings is 1. The fourth-order valence-corrected chi connectivity index (χ4v) is 3.56. The van der Waals surface area contributed by atoms with E-state index < -0.39 is 0 Å². The Labute approximate surface area is 121 Å². The molecule has 2 saturated heterocycles. The van der Waals surface area contributed by atoms with Gasteiger partial charge in [0.05, 0.1) is 5.92 Å². The number of rotatable bonds is 2. The third-order valence-electron chi connectivity index (χ3n) is 4.69. The van der Waals surface area contributed by atoms with Gasteiger partial charge in [0.15, 0.2) is 0 Å². The maximum atomic E-state index is 12.6. The number of likely N-dealkylation sites (tertiary alicyclic amines) is 1.